The molecule has 3 N–H and O–H groups in total. The van der Waals surface area contributed by atoms with Gasteiger partial charge < -0.3 is 24.5 Å². The molecular weight excluding hydrogens is 839 g/mol. The van der Waals surface area contributed by atoms with Crippen LogP contribution < -0.4 is 15.3 Å². The van der Waals surface area contributed by atoms with Gasteiger partial charge in [-0.25, -0.2) is 9.55 Å². The number of nitrogen functional groups attached to an aromatic ring is 1. The van der Waals surface area contributed by atoms with Crippen molar-refractivity contribution in [2.75, 3.05) is 12.3 Å². The number of ether oxygens (including phenoxy) is 3. The monoisotopic (exact) mass is 904 g/mol. The highest BCUT2D eigenvalue weighted by Gasteiger charge is 2.53. The smallest absolute Gasteiger partial charge is 0.459 e. The molecule has 4 aromatic rings. The van der Waals surface area contributed by atoms with Gasteiger partial charge in [-0.3, -0.25) is 18.7 Å². The Balaban J connectivity index is 1.38. The molecule has 0 unspecified atom stereocenters. The average molecular weight is 905 g/mol. The van der Waals surface area contributed by atoms with Crippen LogP contribution in [0.3, 0.4) is 0 Å². The van der Waals surface area contributed by atoms with Crippen LogP contribution in [0.4, 0.5) is 10.2 Å². The van der Waals surface area contributed by atoms with Gasteiger partial charge in [-0.15, -0.1) is 6.42 Å². The molecule has 1 fully saturated rings. The molecule has 1 aliphatic rings. The third kappa shape index (κ3) is 14.8. The van der Waals surface area contributed by atoms with E-state index in [1.54, 1.807) is 30.3 Å². The third-order valence-corrected chi connectivity index (χ3v) is 12.9. The Hall–Kier alpha value is -4.87. The number of hydrogen-bond donors (Lipinski definition) is 2. The van der Waals surface area contributed by atoms with E-state index in [1.165, 1.54) is 55.8 Å². The SMILES string of the molecule is C#C[C@]1(CO[P@@](=O)(N[C@@H](Cc2ccccc2)C(=O)OC(CCC)CCC)Oc2ccccc2)O[C@@H](n2cnc3c(N)nc(F)nc32)C[C@@H]1OC(=O)CCCCCCCCCCCCC. The number of aromatic nitrogens is 4. The van der Waals surface area contributed by atoms with Crippen LogP contribution in [-0.4, -0.2) is 61.9 Å². The molecule has 14 nitrogen and oxygen atoms in total. The maximum atomic E-state index is 15.2. The minimum atomic E-state index is -4.58. The van der Waals surface area contributed by atoms with Crippen molar-refractivity contribution in [3.05, 3.63) is 78.6 Å². The lowest BCUT2D eigenvalue weighted by molar-refractivity contribution is -0.158. The lowest BCUT2D eigenvalue weighted by atomic mass is 9.98. The number of rotatable bonds is 29. The van der Waals surface area contributed by atoms with Gasteiger partial charge in [0.15, 0.2) is 22.6 Å². The summed E-state index contributed by atoms with van der Waals surface area (Å²) in [6, 6.07) is 16.4. The maximum Gasteiger partial charge on any atom is 0.459 e. The van der Waals surface area contributed by atoms with Gasteiger partial charge in [-0.2, -0.15) is 19.4 Å². The fourth-order valence-electron chi connectivity index (χ4n) is 7.89. The number of anilines is 1. The second-order valence-corrected chi connectivity index (χ2v) is 18.2. The van der Waals surface area contributed by atoms with Crippen LogP contribution in [0.5, 0.6) is 5.75 Å². The van der Waals surface area contributed by atoms with Crippen LogP contribution >= 0.6 is 7.75 Å². The molecule has 3 heterocycles. The number of carbonyl (C=O) groups is 2. The number of terminal acetylenes is 1. The van der Waals surface area contributed by atoms with Crippen LogP contribution in [-0.2, 0) is 39.3 Å². The minimum Gasteiger partial charge on any atom is -0.461 e. The van der Waals surface area contributed by atoms with Gasteiger partial charge in [-0.05, 0) is 43.4 Å². The van der Waals surface area contributed by atoms with E-state index >= 15 is 4.57 Å². The predicted octanol–water partition coefficient (Wildman–Crippen LogP) is 10.4. The number of fused-ring (bicyclic) bond motifs is 1. The second kappa shape index (κ2) is 25.6. The van der Waals surface area contributed by atoms with E-state index in [2.05, 4.69) is 32.9 Å². The first-order chi connectivity index (χ1) is 31.0. The summed E-state index contributed by atoms with van der Waals surface area (Å²) in [4.78, 5) is 39.3. The lowest BCUT2D eigenvalue weighted by Gasteiger charge is -2.31. The zero-order chi connectivity index (χ0) is 45.8. The first-order valence-corrected chi connectivity index (χ1v) is 24.6. The van der Waals surface area contributed by atoms with Crippen LogP contribution in [0.1, 0.15) is 142 Å². The van der Waals surface area contributed by atoms with E-state index in [4.69, 9.17) is 35.4 Å². The Labute approximate surface area is 377 Å². The Bertz CT molecular complexity index is 2130. The quantitative estimate of drug-likeness (QED) is 0.0173. The van der Waals surface area contributed by atoms with E-state index in [1.807, 2.05) is 44.2 Å². The molecule has 5 rings (SSSR count). The number of hydrogen-bond acceptors (Lipinski definition) is 12. The molecule has 2 aromatic heterocycles. The van der Waals surface area contributed by atoms with Crippen molar-refractivity contribution in [2.24, 2.45) is 0 Å². The van der Waals surface area contributed by atoms with Crippen LogP contribution in [0.2, 0.25) is 0 Å². The first kappa shape index (κ1) is 50.1. The van der Waals surface area contributed by atoms with Crippen LogP contribution in [0.25, 0.3) is 11.2 Å². The number of imidazole rings is 1. The summed E-state index contributed by atoms with van der Waals surface area (Å²) < 4.78 is 62.0. The molecule has 0 saturated carbocycles. The molecule has 0 amide bonds. The van der Waals surface area contributed by atoms with Crippen molar-refractivity contribution in [3.63, 3.8) is 0 Å². The zero-order valence-corrected chi connectivity index (χ0v) is 38.5. The molecule has 0 bridgehead atoms. The van der Waals surface area contributed by atoms with Gasteiger partial charge in [0.2, 0.25) is 0 Å². The second-order valence-electron chi connectivity index (χ2n) is 16.5. The summed E-state index contributed by atoms with van der Waals surface area (Å²) >= 11 is 0. The van der Waals surface area contributed by atoms with Gasteiger partial charge >= 0.3 is 25.8 Å². The molecular formula is C48H66FN6O8P. The van der Waals surface area contributed by atoms with Crippen molar-refractivity contribution >= 4 is 36.7 Å². The number of carbonyl (C=O) groups excluding carboxylic acids is 2. The summed E-state index contributed by atoms with van der Waals surface area (Å²) in [7, 11) is -4.58. The Morgan fingerprint density at radius 2 is 1.56 bits per heavy atom. The molecule has 0 aliphatic carbocycles. The number of benzene rings is 2. The fraction of sp³-hybridized carbons (Fsp3) is 0.562. The molecule has 0 radical (unpaired) electrons. The number of para-hydroxylation sites is 1. The van der Waals surface area contributed by atoms with Crippen molar-refractivity contribution in [2.45, 2.75) is 166 Å². The normalized spacial score (nSPS) is 18.7. The summed E-state index contributed by atoms with van der Waals surface area (Å²) in [5.41, 5.74) is 5.03. The van der Waals surface area contributed by atoms with Crippen molar-refractivity contribution in [3.8, 4) is 18.1 Å². The van der Waals surface area contributed by atoms with Crippen LogP contribution in [0, 0.1) is 18.4 Å². The molecule has 16 heteroatoms. The van der Waals surface area contributed by atoms with Crippen molar-refractivity contribution in [1.82, 2.24) is 24.6 Å². The molecule has 64 heavy (non-hydrogen) atoms. The number of unbranched alkanes of at least 4 members (excludes halogenated alkanes) is 10. The highest BCUT2D eigenvalue weighted by molar-refractivity contribution is 7.52. The number of nitrogens with one attached hydrogen (secondary N) is 1. The largest absolute Gasteiger partial charge is 0.461 e. The summed E-state index contributed by atoms with van der Waals surface area (Å²) in [5, 5.41) is 2.89. The fourth-order valence-corrected chi connectivity index (χ4v) is 9.41. The van der Waals surface area contributed by atoms with E-state index in [0.717, 1.165) is 37.7 Å². The van der Waals surface area contributed by atoms with E-state index in [9.17, 15) is 14.0 Å². The Morgan fingerprint density at radius 1 is 0.938 bits per heavy atom. The van der Waals surface area contributed by atoms with E-state index in [-0.39, 0.29) is 48.1 Å². The van der Waals surface area contributed by atoms with E-state index < -0.39 is 56.3 Å². The topological polar surface area (TPSA) is 179 Å². The standard InChI is InChI=1S/C48H66FN6O8P/c1-5-9-10-11-12-13-14-15-16-17-24-31-42(56)61-40-33-41(55-35-51-43-44(50)52-47(49)53-45(43)55)62-48(40,8-4)34-59-64(58,63-38-29-22-19-23-30-38)54-39(32-36-27-20-18-21-28-36)46(57)60-37(25-6-2)26-7-3/h4,18-23,27-30,35,37,39-41H,5-7,9-17,24-26,31-34H2,1-3H3,(H,54,58)(H2,50,52,53)/t39-,40-,41+,48+,64-/m0/s1. The maximum absolute atomic E-state index is 15.2. The molecule has 5 atom stereocenters. The predicted molar refractivity (Wildman–Crippen MR) is 244 cm³/mol. The Morgan fingerprint density at radius 3 is 2.19 bits per heavy atom. The zero-order valence-electron chi connectivity index (χ0n) is 37.6. The number of nitrogens with zero attached hydrogens (tertiary/aromatic N) is 4. The van der Waals surface area contributed by atoms with Gasteiger partial charge in [0, 0.05) is 12.8 Å². The van der Waals surface area contributed by atoms with E-state index in [0.29, 0.717) is 19.3 Å². The molecule has 0 spiro atoms. The summed E-state index contributed by atoms with van der Waals surface area (Å²) in [6.07, 6.45) is 19.5. The number of nitrogens with two attached hydrogens (primary N) is 1. The average Bonchev–Trinajstić information content (AvgIpc) is 3.87. The number of esters is 2. The molecule has 348 valence electrons. The molecule has 2 aromatic carbocycles. The van der Waals surface area contributed by atoms with Gasteiger partial charge in [0.25, 0.3) is 0 Å². The molecule has 1 aliphatic heterocycles. The van der Waals surface area contributed by atoms with Gasteiger partial charge in [-0.1, -0.05) is 152 Å². The molecule has 1 saturated heterocycles. The van der Waals surface area contributed by atoms with Gasteiger partial charge in [0.1, 0.15) is 36.8 Å². The minimum absolute atomic E-state index is 0.0289. The summed E-state index contributed by atoms with van der Waals surface area (Å²) in [6.45, 7) is 5.62. The Kier molecular flexibility index (Phi) is 20.0. The van der Waals surface area contributed by atoms with Crippen molar-refractivity contribution < 1.29 is 41.8 Å². The summed E-state index contributed by atoms with van der Waals surface area (Å²) in [5.74, 6) is 1.50. The van der Waals surface area contributed by atoms with Crippen molar-refractivity contribution in [1.29, 1.82) is 0 Å². The van der Waals surface area contributed by atoms with Gasteiger partial charge in [0.05, 0.1) is 6.33 Å². The third-order valence-electron chi connectivity index (χ3n) is 11.3. The highest BCUT2D eigenvalue weighted by atomic mass is 31.2. The number of halogens is 1. The highest BCUT2D eigenvalue weighted by Crippen LogP contribution is 2.49. The first-order valence-electron chi connectivity index (χ1n) is 23.0. The lowest BCUT2D eigenvalue weighted by Crippen LogP contribution is -2.46. The van der Waals surface area contributed by atoms with Crippen LogP contribution in [0.15, 0.2) is 67.0 Å².